The van der Waals surface area contributed by atoms with E-state index in [-0.39, 0.29) is 23.2 Å². The summed E-state index contributed by atoms with van der Waals surface area (Å²) >= 11 is 12.6. The van der Waals surface area contributed by atoms with Crippen LogP contribution in [0.5, 0.6) is 0 Å². The standard InChI is InChI=1S/C23H22Cl2N4O2/c1-12(2)29-11-18(24)17-9-15(10-26-20(17)23(29)31)8-14(4)28-6-5-16-7-13(3)21(25)27-19(16)22(28)30/h5-7,9-12,14H,8H2,1-4H3. The molecular formula is C23H22Cl2N4O2. The summed E-state index contributed by atoms with van der Waals surface area (Å²) in [7, 11) is 0. The van der Waals surface area contributed by atoms with Gasteiger partial charge in [-0.15, -0.1) is 0 Å². The Bertz CT molecular complexity index is 1440. The summed E-state index contributed by atoms with van der Waals surface area (Å²) in [4.78, 5) is 34.3. The molecule has 4 heterocycles. The number of aryl methyl sites for hydroxylation is 1. The molecule has 8 heteroatoms. The summed E-state index contributed by atoms with van der Waals surface area (Å²) in [6.07, 6.45) is 5.63. The fraction of sp³-hybridized carbons (Fsp3) is 0.304. The molecule has 0 spiro atoms. The van der Waals surface area contributed by atoms with Crippen molar-refractivity contribution in [1.82, 2.24) is 19.1 Å². The highest BCUT2D eigenvalue weighted by atomic mass is 35.5. The molecule has 1 atom stereocenters. The zero-order chi connectivity index (χ0) is 22.4. The first-order chi connectivity index (χ1) is 14.7. The number of aromatic nitrogens is 4. The van der Waals surface area contributed by atoms with Gasteiger partial charge in [0, 0.05) is 41.4 Å². The van der Waals surface area contributed by atoms with Crippen LogP contribution in [0.1, 0.15) is 44.0 Å². The Morgan fingerprint density at radius 1 is 1.03 bits per heavy atom. The molecule has 4 aromatic rings. The lowest BCUT2D eigenvalue weighted by atomic mass is 10.1. The Labute approximate surface area is 189 Å². The van der Waals surface area contributed by atoms with Crippen molar-refractivity contribution in [2.24, 2.45) is 0 Å². The fourth-order valence-electron chi connectivity index (χ4n) is 3.78. The van der Waals surface area contributed by atoms with Gasteiger partial charge in [-0.05, 0) is 63.4 Å². The van der Waals surface area contributed by atoms with Crippen LogP contribution in [0.3, 0.4) is 0 Å². The number of nitrogens with zero attached hydrogens (tertiary/aromatic N) is 4. The Kier molecular flexibility index (Phi) is 5.62. The first-order valence-electron chi connectivity index (χ1n) is 10.0. The molecule has 0 bridgehead atoms. The highest BCUT2D eigenvalue weighted by Crippen LogP contribution is 2.24. The molecule has 4 aromatic heterocycles. The van der Waals surface area contributed by atoms with Crippen LogP contribution in [0, 0.1) is 6.92 Å². The summed E-state index contributed by atoms with van der Waals surface area (Å²) in [6, 6.07) is 5.43. The van der Waals surface area contributed by atoms with E-state index >= 15 is 0 Å². The van der Waals surface area contributed by atoms with Gasteiger partial charge in [-0.25, -0.2) is 4.98 Å². The van der Waals surface area contributed by atoms with Gasteiger partial charge in [-0.3, -0.25) is 14.6 Å². The van der Waals surface area contributed by atoms with Gasteiger partial charge in [0.1, 0.15) is 16.2 Å². The Morgan fingerprint density at radius 3 is 2.45 bits per heavy atom. The van der Waals surface area contributed by atoms with Gasteiger partial charge in [0.2, 0.25) is 0 Å². The summed E-state index contributed by atoms with van der Waals surface area (Å²) in [6.45, 7) is 7.65. The van der Waals surface area contributed by atoms with Crippen LogP contribution in [0.2, 0.25) is 10.2 Å². The average Bonchev–Trinajstić information content (AvgIpc) is 2.72. The second-order valence-corrected chi connectivity index (χ2v) is 8.90. The largest absolute Gasteiger partial charge is 0.311 e. The van der Waals surface area contributed by atoms with E-state index in [1.54, 1.807) is 27.7 Å². The molecule has 0 aromatic carbocycles. The van der Waals surface area contributed by atoms with Crippen LogP contribution in [-0.4, -0.2) is 19.1 Å². The molecule has 160 valence electrons. The predicted octanol–water partition coefficient (Wildman–Crippen LogP) is 5.11. The van der Waals surface area contributed by atoms with Gasteiger partial charge < -0.3 is 9.13 Å². The maximum Gasteiger partial charge on any atom is 0.277 e. The van der Waals surface area contributed by atoms with Crippen LogP contribution >= 0.6 is 23.2 Å². The molecule has 6 nitrogen and oxygen atoms in total. The van der Waals surface area contributed by atoms with Crippen molar-refractivity contribution >= 4 is 45.0 Å². The maximum absolute atomic E-state index is 13.0. The lowest BCUT2D eigenvalue weighted by Gasteiger charge is -2.17. The third kappa shape index (κ3) is 3.86. The molecule has 0 saturated heterocycles. The smallest absolute Gasteiger partial charge is 0.277 e. The summed E-state index contributed by atoms with van der Waals surface area (Å²) in [5, 5.41) is 2.18. The molecule has 0 fully saturated rings. The number of hydrogen-bond donors (Lipinski definition) is 0. The minimum absolute atomic E-state index is 0.0124. The van der Waals surface area contributed by atoms with Crippen LogP contribution in [-0.2, 0) is 6.42 Å². The SMILES string of the molecule is Cc1cc2ccn(C(C)Cc3cnc4c(=O)n(C(C)C)cc(Cl)c4c3)c(=O)c2nc1Cl. The minimum atomic E-state index is -0.196. The van der Waals surface area contributed by atoms with Gasteiger partial charge in [0.25, 0.3) is 11.1 Å². The van der Waals surface area contributed by atoms with Gasteiger partial charge in [-0.2, -0.15) is 0 Å². The van der Waals surface area contributed by atoms with Crippen molar-refractivity contribution in [3.8, 4) is 0 Å². The number of rotatable bonds is 4. The van der Waals surface area contributed by atoms with E-state index in [9.17, 15) is 9.59 Å². The monoisotopic (exact) mass is 456 g/mol. The number of pyridine rings is 4. The molecule has 4 rings (SSSR count). The average molecular weight is 457 g/mol. The van der Waals surface area contributed by atoms with E-state index in [0.29, 0.717) is 33.0 Å². The van der Waals surface area contributed by atoms with Gasteiger partial charge in [0.05, 0.1) is 5.02 Å². The van der Waals surface area contributed by atoms with E-state index in [1.807, 2.05) is 45.9 Å². The lowest BCUT2D eigenvalue weighted by molar-refractivity contribution is 0.529. The summed E-state index contributed by atoms with van der Waals surface area (Å²) < 4.78 is 3.22. The predicted molar refractivity (Wildman–Crippen MR) is 126 cm³/mol. The third-order valence-electron chi connectivity index (χ3n) is 5.49. The first kappa shape index (κ1) is 21.5. The van der Waals surface area contributed by atoms with Crippen molar-refractivity contribution in [1.29, 1.82) is 0 Å². The van der Waals surface area contributed by atoms with E-state index in [4.69, 9.17) is 23.2 Å². The summed E-state index contributed by atoms with van der Waals surface area (Å²) in [5.41, 5.74) is 2.03. The zero-order valence-electron chi connectivity index (χ0n) is 17.7. The Hall–Kier alpha value is -2.70. The quantitative estimate of drug-likeness (QED) is 0.400. The van der Waals surface area contributed by atoms with Crippen LogP contribution in [0.25, 0.3) is 21.8 Å². The third-order valence-corrected chi connectivity index (χ3v) is 6.17. The number of hydrogen-bond acceptors (Lipinski definition) is 4. The Morgan fingerprint density at radius 2 is 1.74 bits per heavy atom. The summed E-state index contributed by atoms with van der Waals surface area (Å²) in [5.74, 6) is 0. The number of halogens is 2. The van der Waals surface area contributed by atoms with Crippen molar-refractivity contribution in [3.63, 3.8) is 0 Å². The van der Waals surface area contributed by atoms with Crippen molar-refractivity contribution in [2.45, 2.75) is 46.2 Å². The second kappa shape index (κ2) is 8.09. The molecule has 1 unspecified atom stereocenters. The van der Waals surface area contributed by atoms with Gasteiger partial charge >= 0.3 is 0 Å². The van der Waals surface area contributed by atoms with E-state index < -0.39 is 0 Å². The molecule has 0 aliphatic heterocycles. The first-order valence-corrected chi connectivity index (χ1v) is 10.8. The molecule has 0 aliphatic rings. The fourth-order valence-corrected chi connectivity index (χ4v) is 4.16. The van der Waals surface area contributed by atoms with Crippen molar-refractivity contribution in [2.75, 3.05) is 0 Å². The number of fused-ring (bicyclic) bond motifs is 2. The van der Waals surface area contributed by atoms with Crippen molar-refractivity contribution in [3.05, 3.63) is 78.8 Å². The maximum atomic E-state index is 13.0. The molecule has 0 aliphatic carbocycles. The lowest BCUT2D eigenvalue weighted by Crippen LogP contribution is -2.25. The minimum Gasteiger partial charge on any atom is -0.311 e. The van der Waals surface area contributed by atoms with Crippen molar-refractivity contribution < 1.29 is 0 Å². The van der Waals surface area contributed by atoms with E-state index in [1.165, 1.54) is 0 Å². The molecule has 0 saturated carbocycles. The zero-order valence-corrected chi connectivity index (χ0v) is 19.2. The van der Waals surface area contributed by atoms with Gasteiger partial charge in [0.15, 0.2) is 0 Å². The van der Waals surface area contributed by atoms with Crippen LogP contribution in [0.15, 0.2) is 46.4 Å². The van der Waals surface area contributed by atoms with E-state index in [0.717, 1.165) is 16.5 Å². The highest BCUT2D eigenvalue weighted by Gasteiger charge is 2.15. The molecule has 0 N–H and O–H groups in total. The van der Waals surface area contributed by atoms with Crippen LogP contribution < -0.4 is 11.1 Å². The second-order valence-electron chi connectivity index (χ2n) is 8.14. The van der Waals surface area contributed by atoms with Crippen LogP contribution in [0.4, 0.5) is 0 Å². The molecule has 0 radical (unpaired) electrons. The normalized spacial score (nSPS) is 12.7. The molecule has 0 amide bonds. The van der Waals surface area contributed by atoms with Gasteiger partial charge in [-0.1, -0.05) is 23.2 Å². The Balaban J connectivity index is 1.72. The highest BCUT2D eigenvalue weighted by molar-refractivity contribution is 6.35. The topological polar surface area (TPSA) is 69.8 Å². The molecular weight excluding hydrogens is 435 g/mol. The van der Waals surface area contributed by atoms with E-state index in [2.05, 4.69) is 9.97 Å². The molecule has 31 heavy (non-hydrogen) atoms.